The van der Waals surface area contributed by atoms with Gasteiger partial charge in [-0.05, 0) is 12.8 Å². The van der Waals surface area contributed by atoms with Crippen molar-refractivity contribution in [2.75, 3.05) is 13.2 Å². The normalized spacial score (nSPS) is 22.9. The number of aromatic nitrogens is 2. The van der Waals surface area contributed by atoms with Gasteiger partial charge < -0.3 is 14.2 Å². The third-order valence-corrected chi connectivity index (χ3v) is 3.75. The standard InChI is InChI=1S/C10H16N2O3S2/c1-3-10(4-2)14-6-7(15-10)5-13-9-11-8(16)12-17-9/h7H,3-6H2,1-2H3,(H,12,16). The molecule has 1 aliphatic heterocycles. The van der Waals surface area contributed by atoms with Crippen molar-refractivity contribution in [1.29, 1.82) is 0 Å². The summed E-state index contributed by atoms with van der Waals surface area (Å²) in [7, 11) is 0. The molecule has 0 radical (unpaired) electrons. The number of ether oxygens (including phenoxy) is 3. The van der Waals surface area contributed by atoms with Crippen LogP contribution in [0.3, 0.4) is 0 Å². The lowest BCUT2D eigenvalue weighted by molar-refractivity contribution is -0.174. The van der Waals surface area contributed by atoms with Crippen molar-refractivity contribution in [2.24, 2.45) is 0 Å². The van der Waals surface area contributed by atoms with E-state index < -0.39 is 5.79 Å². The predicted molar refractivity (Wildman–Crippen MR) is 66.8 cm³/mol. The van der Waals surface area contributed by atoms with Crippen LogP contribution in [-0.4, -0.2) is 34.5 Å². The Hall–Kier alpha value is -0.370. The van der Waals surface area contributed by atoms with E-state index in [1.165, 1.54) is 11.5 Å². The summed E-state index contributed by atoms with van der Waals surface area (Å²) in [6.45, 7) is 5.12. The highest BCUT2D eigenvalue weighted by molar-refractivity contribution is 7.80. The molecule has 2 rings (SSSR count). The molecular formula is C10H16N2O3S2. The molecule has 2 heterocycles. The first-order valence-corrected chi connectivity index (χ1v) is 6.86. The van der Waals surface area contributed by atoms with Gasteiger partial charge in [-0.1, -0.05) is 13.8 Å². The van der Waals surface area contributed by atoms with Gasteiger partial charge in [0.15, 0.2) is 5.79 Å². The molecule has 1 aromatic rings. The predicted octanol–water partition coefficient (Wildman–Crippen LogP) is 2.14. The van der Waals surface area contributed by atoms with E-state index in [1.54, 1.807) is 0 Å². The smallest absolute Gasteiger partial charge is 0.294 e. The molecule has 0 saturated carbocycles. The molecule has 0 aromatic carbocycles. The molecule has 17 heavy (non-hydrogen) atoms. The minimum absolute atomic E-state index is 0.0397. The Morgan fingerprint density at radius 3 is 2.82 bits per heavy atom. The maximum absolute atomic E-state index is 5.87. The molecule has 1 aromatic heterocycles. The Labute approximate surface area is 110 Å². The van der Waals surface area contributed by atoms with Crippen LogP contribution in [-0.2, 0) is 9.47 Å². The Kier molecular flexibility index (Phi) is 4.24. The van der Waals surface area contributed by atoms with Gasteiger partial charge >= 0.3 is 0 Å². The first kappa shape index (κ1) is 13.1. The molecule has 0 amide bonds. The molecule has 7 heteroatoms. The largest absolute Gasteiger partial charge is 0.466 e. The van der Waals surface area contributed by atoms with Gasteiger partial charge in [-0.2, -0.15) is 9.36 Å². The SMILES string of the molecule is CCC1(CC)OCC(COc2nc(S)ns2)O1. The van der Waals surface area contributed by atoms with E-state index in [1.807, 2.05) is 0 Å². The van der Waals surface area contributed by atoms with Crippen molar-refractivity contribution >= 4 is 24.2 Å². The zero-order valence-corrected chi connectivity index (χ0v) is 11.6. The van der Waals surface area contributed by atoms with Gasteiger partial charge in [-0.25, -0.2) is 0 Å². The van der Waals surface area contributed by atoms with Crippen molar-refractivity contribution < 1.29 is 14.2 Å². The summed E-state index contributed by atoms with van der Waals surface area (Å²) in [5.41, 5.74) is 0. The van der Waals surface area contributed by atoms with E-state index in [-0.39, 0.29) is 6.10 Å². The lowest BCUT2D eigenvalue weighted by Gasteiger charge is -2.24. The van der Waals surface area contributed by atoms with Crippen molar-refractivity contribution in [1.82, 2.24) is 9.36 Å². The monoisotopic (exact) mass is 276 g/mol. The summed E-state index contributed by atoms with van der Waals surface area (Å²) < 4.78 is 21.0. The Morgan fingerprint density at radius 1 is 1.53 bits per heavy atom. The van der Waals surface area contributed by atoms with Crippen LogP contribution in [0.5, 0.6) is 5.19 Å². The Balaban J connectivity index is 1.82. The van der Waals surface area contributed by atoms with E-state index >= 15 is 0 Å². The summed E-state index contributed by atoms with van der Waals surface area (Å²) >= 11 is 5.21. The van der Waals surface area contributed by atoms with Crippen LogP contribution in [0.2, 0.25) is 0 Å². The van der Waals surface area contributed by atoms with Crippen molar-refractivity contribution in [3.8, 4) is 5.19 Å². The van der Waals surface area contributed by atoms with Crippen molar-refractivity contribution in [3.63, 3.8) is 0 Å². The minimum Gasteiger partial charge on any atom is -0.466 e. The second-order valence-corrected chi connectivity index (χ2v) is 4.95. The first-order valence-electron chi connectivity index (χ1n) is 5.64. The summed E-state index contributed by atoms with van der Waals surface area (Å²) in [5.74, 6) is -0.427. The lowest BCUT2D eigenvalue weighted by Crippen LogP contribution is -2.30. The van der Waals surface area contributed by atoms with Gasteiger partial charge in [0.2, 0.25) is 5.16 Å². The van der Waals surface area contributed by atoms with Gasteiger partial charge in [0, 0.05) is 11.5 Å². The molecule has 1 aliphatic rings. The van der Waals surface area contributed by atoms with E-state index in [2.05, 4.69) is 35.8 Å². The van der Waals surface area contributed by atoms with E-state index in [4.69, 9.17) is 14.2 Å². The van der Waals surface area contributed by atoms with Crippen LogP contribution in [0.15, 0.2) is 5.16 Å². The molecule has 0 spiro atoms. The fraction of sp³-hybridized carbons (Fsp3) is 0.800. The molecule has 5 nitrogen and oxygen atoms in total. The summed E-state index contributed by atoms with van der Waals surface area (Å²) in [4.78, 5) is 4.00. The maximum atomic E-state index is 5.87. The summed E-state index contributed by atoms with van der Waals surface area (Å²) in [6, 6.07) is 0. The zero-order valence-electron chi connectivity index (χ0n) is 9.88. The van der Waals surface area contributed by atoms with Crippen LogP contribution in [0.25, 0.3) is 0 Å². The third-order valence-electron chi connectivity index (χ3n) is 2.78. The fourth-order valence-corrected chi connectivity index (χ4v) is 2.47. The highest BCUT2D eigenvalue weighted by Gasteiger charge is 2.38. The van der Waals surface area contributed by atoms with Crippen LogP contribution in [0.4, 0.5) is 0 Å². The van der Waals surface area contributed by atoms with Crippen molar-refractivity contribution in [2.45, 2.75) is 43.7 Å². The average Bonchev–Trinajstić information content (AvgIpc) is 2.93. The van der Waals surface area contributed by atoms with Crippen LogP contribution < -0.4 is 4.74 Å². The molecule has 1 atom stereocenters. The molecule has 0 aliphatic carbocycles. The zero-order chi connectivity index (χ0) is 12.3. The second-order valence-electron chi connectivity index (χ2n) is 3.84. The number of nitrogens with zero attached hydrogens (tertiary/aromatic N) is 2. The van der Waals surface area contributed by atoms with Crippen LogP contribution >= 0.6 is 24.2 Å². The van der Waals surface area contributed by atoms with Crippen LogP contribution in [0, 0.1) is 0 Å². The van der Waals surface area contributed by atoms with Gasteiger partial charge in [-0.15, -0.1) is 12.6 Å². The minimum atomic E-state index is -0.427. The molecule has 1 saturated heterocycles. The third kappa shape index (κ3) is 3.09. The Morgan fingerprint density at radius 2 is 2.29 bits per heavy atom. The number of hydrogen-bond acceptors (Lipinski definition) is 7. The quantitative estimate of drug-likeness (QED) is 0.835. The number of hydrogen-bond donors (Lipinski definition) is 1. The second kappa shape index (κ2) is 5.51. The van der Waals surface area contributed by atoms with Crippen LogP contribution in [0.1, 0.15) is 26.7 Å². The van der Waals surface area contributed by atoms with Crippen molar-refractivity contribution in [3.05, 3.63) is 0 Å². The van der Waals surface area contributed by atoms with E-state index in [9.17, 15) is 0 Å². The molecule has 1 fully saturated rings. The molecule has 0 bridgehead atoms. The summed E-state index contributed by atoms with van der Waals surface area (Å²) in [6.07, 6.45) is 1.65. The summed E-state index contributed by atoms with van der Waals surface area (Å²) in [5, 5.41) is 0.953. The molecular weight excluding hydrogens is 260 g/mol. The molecule has 96 valence electrons. The lowest BCUT2D eigenvalue weighted by atomic mass is 10.1. The maximum Gasteiger partial charge on any atom is 0.294 e. The highest BCUT2D eigenvalue weighted by Crippen LogP contribution is 2.30. The topological polar surface area (TPSA) is 53.5 Å². The number of rotatable bonds is 5. The Bertz CT molecular complexity index is 368. The van der Waals surface area contributed by atoms with Gasteiger partial charge in [-0.3, -0.25) is 0 Å². The number of thiol groups is 1. The fourth-order valence-electron chi connectivity index (χ4n) is 1.74. The van der Waals surface area contributed by atoms with Gasteiger partial charge in [0.1, 0.15) is 12.7 Å². The van der Waals surface area contributed by atoms with Gasteiger partial charge in [0.05, 0.1) is 6.61 Å². The van der Waals surface area contributed by atoms with E-state index in [0.29, 0.717) is 23.6 Å². The molecule has 0 N–H and O–H groups in total. The first-order chi connectivity index (χ1) is 8.17. The van der Waals surface area contributed by atoms with E-state index in [0.717, 1.165) is 12.8 Å². The highest BCUT2D eigenvalue weighted by atomic mass is 32.1. The average molecular weight is 276 g/mol. The molecule has 1 unspecified atom stereocenters. The van der Waals surface area contributed by atoms with Gasteiger partial charge in [0.25, 0.3) is 5.19 Å².